The highest BCUT2D eigenvalue weighted by atomic mass is 32.1. The van der Waals surface area contributed by atoms with Gasteiger partial charge in [0.05, 0.1) is 12.3 Å². The summed E-state index contributed by atoms with van der Waals surface area (Å²) in [6.07, 6.45) is 0.499. The van der Waals surface area contributed by atoms with Crippen LogP contribution in [0.1, 0.15) is 39.6 Å². The van der Waals surface area contributed by atoms with Gasteiger partial charge in [0.15, 0.2) is 0 Å². The molecule has 3 aromatic rings. The lowest BCUT2D eigenvalue weighted by Gasteiger charge is -2.26. The van der Waals surface area contributed by atoms with Crippen LogP contribution in [0.15, 0.2) is 36.4 Å². The van der Waals surface area contributed by atoms with Gasteiger partial charge in [0.1, 0.15) is 15.9 Å². The number of carbonyl (C=O) groups is 1. The van der Waals surface area contributed by atoms with Gasteiger partial charge >= 0.3 is 0 Å². The van der Waals surface area contributed by atoms with Crippen molar-refractivity contribution < 1.29 is 9.90 Å². The van der Waals surface area contributed by atoms with Crippen molar-refractivity contribution in [1.29, 1.82) is 0 Å². The van der Waals surface area contributed by atoms with E-state index in [1.165, 1.54) is 11.3 Å². The zero-order chi connectivity index (χ0) is 16.7. The Bertz CT molecular complexity index is 921. The minimum atomic E-state index is -0.290. The van der Waals surface area contributed by atoms with Crippen LogP contribution < -0.4 is 10.6 Å². The largest absolute Gasteiger partial charge is 0.392 e. The molecule has 1 unspecified atom stereocenters. The fourth-order valence-corrected chi connectivity index (χ4v) is 4.13. The zero-order valence-electron chi connectivity index (χ0n) is 13.2. The predicted molar refractivity (Wildman–Crippen MR) is 95.2 cm³/mol. The van der Waals surface area contributed by atoms with Crippen molar-refractivity contribution >= 4 is 33.1 Å². The van der Waals surface area contributed by atoms with Crippen LogP contribution in [0.4, 0.5) is 5.69 Å². The van der Waals surface area contributed by atoms with E-state index >= 15 is 0 Å². The first-order chi connectivity index (χ1) is 11.7. The molecular formula is C18H17N3O2S. The molecule has 2 aromatic heterocycles. The van der Waals surface area contributed by atoms with Crippen LogP contribution in [0.3, 0.4) is 0 Å². The highest BCUT2D eigenvalue weighted by molar-refractivity contribution is 7.21. The molecule has 1 aromatic carbocycles. The highest BCUT2D eigenvalue weighted by Crippen LogP contribution is 2.41. The summed E-state index contributed by atoms with van der Waals surface area (Å²) >= 11 is 1.37. The number of nitrogens with one attached hydrogen (secondary N) is 2. The number of aromatic nitrogens is 1. The molecule has 5 nitrogen and oxygen atoms in total. The van der Waals surface area contributed by atoms with E-state index in [9.17, 15) is 9.90 Å². The zero-order valence-corrected chi connectivity index (χ0v) is 14.0. The molecule has 3 heterocycles. The van der Waals surface area contributed by atoms with E-state index in [0.29, 0.717) is 4.88 Å². The maximum atomic E-state index is 12.6. The maximum absolute atomic E-state index is 12.6. The van der Waals surface area contributed by atoms with Gasteiger partial charge in [-0.05, 0) is 23.6 Å². The molecule has 1 amide bonds. The molecule has 122 valence electrons. The average molecular weight is 339 g/mol. The lowest BCUT2D eigenvalue weighted by Crippen LogP contribution is -2.37. The van der Waals surface area contributed by atoms with Gasteiger partial charge < -0.3 is 15.7 Å². The quantitative estimate of drug-likeness (QED) is 0.685. The van der Waals surface area contributed by atoms with E-state index in [1.807, 2.05) is 43.3 Å². The van der Waals surface area contributed by atoms with Crippen molar-refractivity contribution in [2.45, 2.75) is 26.1 Å². The molecule has 24 heavy (non-hydrogen) atoms. The molecule has 1 aliphatic rings. The van der Waals surface area contributed by atoms with Crippen LogP contribution >= 0.6 is 11.3 Å². The molecule has 3 N–H and O–H groups in total. The van der Waals surface area contributed by atoms with Crippen LogP contribution in [0.25, 0.3) is 10.2 Å². The number of hydrogen-bond donors (Lipinski definition) is 3. The van der Waals surface area contributed by atoms with E-state index in [0.717, 1.165) is 39.1 Å². The number of anilines is 1. The Kier molecular flexibility index (Phi) is 3.70. The van der Waals surface area contributed by atoms with Crippen molar-refractivity contribution in [2.75, 3.05) is 5.32 Å². The number of aryl methyl sites for hydroxylation is 1. The second kappa shape index (κ2) is 5.89. The average Bonchev–Trinajstić information content (AvgIpc) is 3.00. The SMILES string of the molecule is CCc1cc(CO)c2c3c(sc2n1)C(=O)NC(c1ccccc1)N3. The number of amides is 1. The minimum absolute atomic E-state index is 0.0749. The Morgan fingerprint density at radius 3 is 2.75 bits per heavy atom. The third-order valence-corrected chi connectivity index (χ3v) is 5.32. The number of nitrogens with zero attached hydrogens (tertiary/aromatic N) is 1. The summed E-state index contributed by atoms with van der Waals surface area (Å²) in [4.78, 5) is 18.6. The second-order valence-electron chi connectivity index (χ2n) is 5.73. The summed E-state index contributed by atoms with van der Waals surface area (Å²) < 4.78 is 0. The summed E-state index contributed by atoms with van der Waals surface area (Å²) in [5.41, 5.74) is 3.49. The van der Waals surface area contributed by atoms with Gasteiger partial charge in [0.2, 0.25) is 0 Å². The smallest absolute Gasteiger partial charge is 0.265 e. The van der Waals surface area contributed by atoms with Crippen molar-refractivity contribution in [3.05, 3.63) is 58.1 Å². The molecule has 1 atom stereocenters. The van der Waals surface area contributed by atoms with Gasteiger partial charge in [-0.15, -0.1) is 11.3 Å². The van der Waals surface area contributed by atoms with Crippen molar-refractivity contribution in [1.82, 2.24) is 10.3 Å². The summed E-state index contributed by atoms with van der Waals surface area (Å²) in [6.45, 7) is 1.95. The normalized spacial score (nSPS) is 16.6. The summed E-state index contributed by atoms with van der Waals surface area (Å²) in [6, 6.07) is 11.7. The first kappa shape index (κ1) is 15.1. The molecule has 0 fully saturated rings. The molecule has 0 spiro atoms. The van der Waals surface area contributed by atoms with Crippen molar-refractivity contribution in [3.8, 4) is 0 Å². The van der Waals surface area contributed by atoms with Crippen LogP contribution in [0.5, 0.6) is 0 Å². The molecule has 0 radical (unpaired) electrons. The second-order valence-corrected chi connectivity index (χ2v) is 6.73. The lowest BCUT2D eigenvalue weighted by atomic mass is 10.1. The number of pyridine rings is 1. The van der Waals surface area contributed by atoms with Gasteiger partial charge in [-0.2, -0.15) is 0 Å². The van der Waals surface area contributed by atoms with Gasteiger partial charge in [0.25, 0.3) is 5.91 Å². The minimum Gasteiger partial charge on any atom is -0.392 e. The number of hydrogen-bond acceptors (Lipinski definition) is 5. The Morgan fingerprint density at radius 1 is 1.25 bits per heavy atom. The summed E-state index contributed by atoms with van der Waals surface area (Å²) in [5, 5.41) is 17.0. The molecular weight excluding hydrogens is 322 g/mol. The molecule has 0 bridgehead atoms. The number of aliphatic hydroxyl groups is 1. The van der Waals surface area contributed by atoms with Gasteiger partial charge in [0, 0.05) is 11.1 Å². The van der Waals surface area contributed by atoms with Gasteiger partial charge in [-0.3, -0.25) is 4.79 Å². The summed E-state index contributed by atoms with van der Waals surface area (Å²) in [5.74, 6) is -0.109. The molecule has 0 aliphatic carbocycles. The standard InChI is InChI=1S/C18H17N3O2S/c1-2-12-8-11(9-22)13-14-15(24-18(13)19-12)17(23)21-16(20-14)10-6-4-3-5-7-10/h3-8,16,20,22H,2,9H2,1H3,(H,21,23). The van der Waals surface area contributed by atoms with Gasteiger partial charge in [-0.1, -0.05) is 37.3 Å². The highest BCUT2D eigenvalue weighted by Gasteiger charge is 2.30. The first-order valence-electron chi connectivity index (χ1n) is 7.89. The number of aliphatic hydroxyl groups excluding tert-OH is 1. The molecule has 1 aliphatic heterocycles. The number of fused-ring (bicyclic) bond motifs is 3. The summed E-state index contributed by atoms with van der Waals surface area (Å²) in [7, 11) is 0. The third-order valence-electron chi connectivity index (χ3n) is 4.23. The number of thiophene rings is 1. The van der Waals surface area contributed by atoms with Crippen LogP contribution in [0.2, 0.25) is 0 Å². The molecule has 4 rings (SSSR count). The van der Waals surface area contributed by atoms with Crippen LogP contribution in [-0.2, 0) is 13.0 Å². The van der Waals surface area contributed by atoms with Crippen molar-refractivity contribution in [3.63, 3.8) is 0 Å². The fourth-order valence-electron chi connectivity index (χ4n) is 3.02. The van der Waals surface area contributed by atoms with E-state index in [1.54, 1.807) is 0 Å². The van der Waals surface area contributed by atoms with Crippen LogP contribution in [0, 0.1) is 0 Å². The maximum Gasteiger partial charge on any atom is 0.265 e. The van der Waals surface area contributed by atoms with Gasteiger partial charge in [-0.25, -0.2) is 4.98 Å². The van der Waals surface area contributed by atoms with E-state index in [-0.39, 0.29) is 18.7 Å². The van der Waals surface area contributed by atoms with Crippen LogP contribution in [-0.4, -0.2) is 16.0 Å². The third kappa shape index (κ3) is 2.35. The molecule has 6 heteroatoms. The topological polar surface area (TPSA) is 74.2 Å². The molecule has 0 saturated heterocycles. The number of carbonyl (C=O) groups excluding carboxylic acids is 1. The Labute approximate surface area is 143 Å². The Morgan fingerprint density at radius 2 is 2.04 bits per heavy atom. The fraction of sp³-hybridized carbons (Fsp3) is 0.222. The Hall–Kier alpha value is -2.44. The lowest BCUT2D eigenvalue weighted by molar-refractivity contribution is 0.0940. The number of benzene rings is 1. The molecule has 0 saturated carbocycles. The van der Waals surface area contributed by atoms with E-state index in [2.05, 4.69) is 15.6 Å². The predicted octanol–water partition coefficient (Wildman–Crippen LogP) is 3.21. The monoisotopic (exact) mass is 339 g/mol. The van der Waals surface area contributed by atoms with Crippen molar-refractivity contribution in [2.24, 2.45) is 0 Å². The Balaban J connectivity index is 1.87. The van der Waals surface area contributed by atoms with E-state index < -0.39 is 0 Å². The first-order valence-corrected chi connectivity index (χ1v) is 8.71. The van der Waals surface area contributed by atoms with E-state index in [4.69, 9.17) is 0 Å². The number of rotatable bonds is 3.